The van der Waals surface area contributed by atoms with E-state index in [1.807, 2.05) is 12.1 Å². The van der Waals surface area contributed by atoms with Gasteiger partial charge in [-0.1, -0.05) is 6.07 Å². The van der Waals surface area contributed by atoms with Crippen molar-refractivity contribution in [2.24, 2.45) is 0 Å². The van der Waals surface area contributed by atoms with Gasteiger partial charge in [-0.2, -0.15) is 0 Å². The van der Waals surface area contributed by atoms with E-state index < -0.39 is 0 Å². The first-order valence-electron chi connectivity index (χ1n) is 4.70. The van der Waals surface area contributed by atoms with Crippen molar-refractivity contribution in [3.8, 4) is 11.5 Å². The fraction of sp³-hybridized carbons (Fsp3) is 0.455. The molecule has 3 rings (SSSR count). The summed E-state index contributed by atoms with van der Waals surface area (Å²) in [4.78, 5) is 0. The number of ether oxygens (including phenoxy) is 2. The second-order valence-corrected chi connectivity index (χ2v) is 4.02. The van der Waals surface area contributed by atoms with Crippen LogP contribution >= 0.6 is 0 Å². The van der Waals surface area contributed by atoms with Gasteiger partial charge in [-0.15, -0.1) is 0 Å². The second kappa shape index (κ2) is 2.19. The zero-order chi connectivity index (χ0) is 8.89. The van der Waals surface area contributed by atoms with Crippen molar-refractivity contribution in [1.82, 2.24) is 0 Å². The first-order chi connectivity index (χ1) is 6.27. The minimum Gasteiger partial charge on any atom is -0.486 e. The van der Waals surface area contributed by atoms with Crippen LogP contribution in [0.3, 0.4) is 0 Å². The Bertz CT molecular complexity index is 353. The van der Waals surface area contributed by atoms with Crippen LogP contribution in [0, 0.1) is 6.92 Å². The van der Waals surface area contributed by atoms with Crippen LogP contribution in [0.1, 0.15) is 18.4 Å². The van der Waals surface area contributed by atoms with Crippen LogP contribution in [0.25, 0.3) is 0 Å². The molecule has 0 atom stereocenters. The molecule has 1 spiro atoms. The topological polar surface area (TPSA) is 18.5 Å². The molecular formula is C11H12O2. The Kier molecular flexibility index (Phi) is 1.22. The molecular weight excluding hydrogens is 164 g/mol. The van der Waals surface area contributed by atoms with Crippen molar-refractivity contribution in [2.75, 3.05) is 6.61 Å². The molecule has 0 aromatic heterocycles. The number of rotatable bonds is 0. The van der Waals surface area contributed by atoms with Crippen LogP contribution in [0.15, 0.2) is 18.2 Å². The molecule has 0 unspecified atom stereocenters. The van der Waals surface area contributed by atoms with Gasteiger partial charge in [0, 0.05) is 0 Å². The Balaban J connectivity index is 2.02. The van der Waals surface area contributed by atoms with Gasteiger partial charge < -0.3 is 9.47 Å². The molecule has 2 heteroatoms. The van der Waals surface area contributed by atoms with E-state index in [2.05, 4.69) is 13.0 Å². The fourth-order valence-corrected chi connectivity index (χ4v) is 1.67. The lowest BCUT2D eigenvalue weighted by molar-refractivity contribution is 0.0717. The molecule has 1 heterocycles. The summed E-state index contributed by atoms with van der Waals surface area (Å²) in [7, 11) is 0. The van der Waals surface area contributed by atoms with Crippen LogP contribution in [0.5, 0.6) is 11.5 Å². The molecule has 0 saturated heterocycles. The number of aryl methyl sites for hydroxylation is 1. The van der Waals surface area contributed by atoms with E-state index in [1.165, 1.54) is 5.56 Å². The third-order valence-electron chi connectivity index (χ3n) is 2.72. The molecule has 2 nitrogen and oxygen atoms in total. The van der Waals surface area contributed by atoms with Crippen LogP contribution in [-0.4, -0.2) is 12.2 Å². The van der Waals surface area contributed by atoms with Crippen molar-refractivity contribution in [1.29, 1.82) is 0 Å². The zero-order valence-electron chi connectivity index (χ0n) is 7.67. The van der Waals surface area contributed by atoms with Gasteiger partial charge >= 0.3 is 0 Å². The average Bonchev–Trinajstić information content (AvgIpc) is 2.84. The monoisotopic (exact) mass is 176 g/mol. The van der Waals surface area contributed by atoms with E-state index in [1.54, 1.807) is 0 Å². The maximum atomic E-state index is 5.89. The van der Waals surface area contributed by atoms with E-state index in [0.717, 1.165) is 30.9 Å². The van der Waals surface area contributed by atoms with E-state index in [9.17, 15) is 0 Å². The van der Waals surface area contributed by atoms with E-state index >= 15 is 0 Å². The standard InChI is InChI=1S/C11H12O2/c1-8-2-3-9-10(6-8)13-11(4-5-11)7-12-9/h2-3,6H,4-5,7H2,1H3. The summed E-state index contributed by atoms with van der Waals surface area (Å²) in [6.45, 7) is 2.79. The highest BCUT2D eigenvalue weighted by Gasteiger charge is 2.49. The minimum absolute atomic E-state index is 0.0425. The lowest BCUT2D eigenvalue weighted by Gasteiger charge is -2.26. The van der Waals surface area contributed by atoms with Gasteiger partial charge in [-0.05, 0) is 37.5 Å². The van der Waals surface area contributed by atoms with Gasteiger partial charge in [-0.25, -0.2) is 0 Å². The van der Waals surface area contributed by atoms with Gasteiger partial charge in [-0.3, -0.25) is 0 Å². The van der Waals surface area contributed by atoms with Gasteiger partial charge in [0.05, 0.1) is 0 Å². The number of hydrogen-bond donors (Lipinski definition) is 0. The largest absolute Gasteiger partial charge is 0.486 e. The first-order valence-corrected chi connectivity index (χ1v) is 4.70. The number of fused-ring (bicyclic) bond motifs is 1. The third kappa shape index (κ3) is 1.09. The summed E-state index contributed by atoms with van der Waals surface area (Å²) < 4.78 is 11.5. The Morgan fingerprint density at radius 3 is 2.85 bits per heavy atom. The summed E-state index contributed by atoms with van der Waals surface area (Å²) in [6.07, 6.45) is 2.28. The molecule has 0 bridgehead atoms. The number of hydrogen-bond acceptors (Lipinski definition) is 2. The lowest BCUT2D eigenvalue weighted by Crippen LogP contribution is -2.30. The van der Waals surface area contributed by atoms with Crippen molar-refractivity contribution < 1.29 is 9.47 Å². The summed E-state index contributed by atoms with van der Waals surface area (Å²) in [6, 6.07) is 6.08. The quantitative estimate of drug-likeness (QED) is 0.604. The highest BCUT2D eigenvalue weighted by atomic mass is 16.6. The first kappa shape index (κ1) is 7.25. The molecule has 1 aliphatic heterocycles. The molecule has 0 amide bonds. The molecule has 1 fully saturated rings. The smallest absolute Gasteiger partial charge is 0.162 e. The van der Waals surface area contributed by atoms with Crippen LogP contribution in [0.4, 0.5) is 0 Å². The third-order valence-corrected chi connectivity index (χ3v) is 2.72. The molecule has 0 radical (unpaired) electrons. The molecule has 1 aliphatic carbocycles. The lowest BCUT2D eigenvalue weighted by atomic mass is 10.2. The second-order valence-electron chi connectivity index (χ2n) is 4.02. The van der Waals surface area contributed by atoms with Crippen LogP contribution < -0.4 is 9.47 Å². The minimum atomic E-state index is 0.0425. The number of benzene rings is 1. The Morgan fingerprint density at radius 1 is 1.23 bits per heavy atom. The molecule has 0 N–H and O–H groups in total. The highest BCUT2D eigenvalue weighted by molar-refractivity contribution is 5.44. The van der Waals surface area contributed by atoms with Gasteiger partial charge in [0.25, 0.3) is 0 Å². The van der Waals surface area contributed by atoms with Gasteiger partial charge in [0.2, 0.25) is 0 Å². The molecule has 2 aliphatic rings. The zero-order valence-corrected chi connectivity index (χ0v) is 7.67. The normalized spacial score (nSPS) is 21.6. The summed E-state index contributed by atoms with van der Waals surface area (Å²) in [5.74, 6) is 1.81. The maximum Gasteiger partial charge on any atom is 0.162 e. The van der Waals surface area contributed by atoms with Crippen LogP contribution in [0.2, 0.25) is 0 Å². The van der Waals surface area contributed by atoms with Crippen molar-refractivity contribution >= 4 is 0 Å². The highest BCUT2D eigenvalue weighted by Crippen LogP contribution is 2.47. The average molecular weight is 176 g/mol. The van der Waals surface area contributed by atoms with E-state index in [-0.39, 0.29) is 5.60 Å². The fourth-order valence-electron chi connectivity index (χ4n) is 1.67. The van der Waals surface area contributed by atoms with Crippen LogP contribution in [-0.2, 0) is 0 Å². The summed E-state index contributed by atoms with van der Waals surface area (Å²) in [5.41, 5.74) is 1.26. The molecule has 1 aromatic carbocycles. The molecule has 13 heavy (non-hydrogen) atoms. The van der Waals surface area contributed by atoms with Gasteiger partial charge in [0.15, 0.2) is 11.5 Å². The Labute approximate surface area is 77.5 Å². The summed E-state index contributed by atoms with van der Waals surface area (Å²) >= 11 is 0. The van der Waals surface area contributed by atoms with Gasteiger partial charge in [0.1, 0.15) is 12.2 Å². The molecule has 68 valence electrons. The molecule has 1 aromatic rings. The molecule has 1 saturated carbocycles. The van der Waals surface area contributed by atoms with Crippen molar-refractivity contribution in [2.45, 2.75) is 25.4 Å². The van der Waals surface area contributed by atoms with Crippen molar-refractivity contribution in [3.05, 3.63) is 23.8 Å². The SMILES string of the molecule is Cc1ccc2c(c1)OC1(CC1)CO2. The Hall–Kier alpha value is -1.18. The predicted molar refractivity (Wildman–Crippen MR) is 49.3 cm³/mol. The summed E-state index contributed by atoms with van der Waals surface area (Å²) in [5, 5.41) is 0. The van der Waals surface area contributed by atoms with Crippen molar-refractivity contribution in [3.63, 3.8) is 0 Å². The van der Waals surface area contributed by atoms with E-state index in [4.69, 9.17) is 9.47 Å². The van der Waals surface area contributed by atoms with E-state index in [0.29, 0.717) is 0 Å². The maximum absolute atomic E-state index is 5.89. The predicted octanol–water partition coefficient (Wildman–Crippen LogP) is 2.30. The Morgan fingerprint density at radius 2 is 2.08 bits per heavy atom.